The van der Waals surface area contributed by atoms with E-state index in [1.807, 2.05) is 30.3 Å². The zero-order chi connectivity index (χ0) is 20.2. The number of hydrogen-bond donors (Lipinski definition) is 1. The highest BCUT2D eigenvalue weighted by Crippen LogP contribution is 2.21. The average molecular weight is 409 g/mol. The van der Waals surface area contributed by atoms with E-state index < -0.39 is 0 Å². The predicted molar refractivity (Wildman–Crippen MR) is 117 cm³/mol. The van der Waals surface area contributed by atoms with E-state index in [1.165, 1.54) is 5.56 Å². The van der Waals surface area contributed by atoms with Crippen molar-refractivity contribution >= 4 is 28.4 Å². The van der Waals surface area contributed by atoms with Gasteiger partial charge < -0.3 is 10.2 Å². The van der Waals surface area contributed by atoms with Crippen LogP contribution in [0.3, 0.4) is 0 Å². The number of para-hydroxylation sites is 1. The number of piperazine rings is 1. The van der Waals surface area contributed by atoms with Gasteiger partial charge in [-0.1, -0.05) is 54.1 Å². The number of nitrogens with zero attached hydrogens (tertiary/aromatic N) is 3. The molecule has 3 aromatic rings. The van der Waals surface area contributed by atoms with Crippen LogP contribution in [0, 0.1) is 0 Å². The first-order valence-electron chi connectivity index (χ1n) is 9.91. The van der Waals surface area contributed by atoms with Crippen LogP contribution in [-0.4, -0.2) is 53.9 Å². The minimum Gasteiger partial charge on any atom is -0.348 e. The summed E-state index contributed by atoms with van der Waals surface area (Å²) in [6.45, 7) is 5.82. The van der Waals surface area contributed by atoms with Gasteiger partial charge >= 0.3 is 0 Å². The van der Waals surface area contributed by atoms with Crippen LogP contribution >= 0.6 is 11.6 Å². The van der Waals surface area contributed by atoms with Crippen molar-refractivity contribution in [2.24, 2.45) is 0 Å². The van der Waals surface area contributed by atoms with Crippen molar-refractivity contribution in [2.45, 2.75) is 13.1 Å². The third kappa shape index (κ3) is 4.93. The SMILES string of the molecule is CN1CCN(Cc2cccc(CNC(=O)c3cc(Cl)nc4ccccc34)c2)CC1. The van der Waals surface area contributed by atoms with E-state index in [-0.39, 0.29) is 5.91 Å². The van der Waals surface area contributed by atoms with Crippen LogP contribution in [0.5, 0.6) is 0 Å². The topological polar surface area (TPSA) is 48.5 Å². The second kappa shape index (κ2) is 8.91. The maximum Gasteiger partial charge on any atom is 0.252 e. The number of benzene rings is 2. The van der Waals surface area contributed by atoms with E-state index >= 15 is 0 Å². The minimum absolute atomic E-state index is 0.144. The van der Waals surface area contributed by atoms with Crippen molar-refractivity contribution in [3.05, 3.63) is 76.4 Å². The largest absolute Gasteiger partial charge is 0.348 e. The van der Waals surface area contributed by atoms with Crippen LogP contribution in [0.2, 0.25) is 5.15 Å². The lowest BCUT2D eigenvalue weighted by atomic mass is 10.1. The molecule has 1 aliphatic rings. The molecule has 0 saturated carbocycles. The molecule has 1 saturated heterocycles. The van der Waals surface area contributed by atoms with Gasteiger partial charge in [-0.15, -0.1) is 0 Å². The Morgan fingerprint density at radius 1 is 1.03 bits per heavy atom. The zero-order valence-electron chi connectivity index (χ0n) is 16.6. The highest BCUT2D eigenvalue weighted by molar-refractivity contribution is 6.30. The molecule has 4 rings (SSSR count). The fourth-order valence-electron chi connectivity index (χ4n) is 3.71. The van der Waals surface area contributed by atoms with Crippen LogP contribution in [0.15, 0.2) is 54.6 Å². The van der Waals surface area contributed by atoms with Crippen LogP contribution in [0.4, 0.5) is 0 Å². The maximum absolute atomic E-state index is 12.8. The molecule has 0 spiro atoms. The molecule has 6 heteroatoms. The van der Waals surface area contributed by atoms with E-state index in [9.17, 15) is 4.79 Å². The van der Waals surface area contributed by atoms with Gasteiger partial charge in [-0.3, -0.25) is 9.69 Å². The van der Waals surface area contributed by atoms with Crippen molar-refractivity contribution in [3.63, 3.8) is 0 Å². The number of carbonyl (C=O) groups excluding carboxylic acids is 1. The second-order valence-corrected chi connectivity index (χ2v) is 7.98. The molecule has 2 aromatic carbocycles. The van der Waals surface area contributed by atoms with E-state index in [0.717, 1.165) is 49.2 Å². The average Bonchev–Trinajstić information content (AvgIpc) is 2.73. The molecule has 0 aliphatic carbocycles. The second-order valence-electron chi connectivity index (χ2n) is 7.59. The molecule has 0 radical (unpaired) electrons. The van der Waals surface area contributed by atoms with Crippen molar-refractivity contribution in [1.29, 1.82) is 0 Å². The number of nitrogens with one attached hydrogen (secondary N) is 1. The standard InChI is InChI=1S/C23H25ClN4O/c1-27-9-11-28(12-10-27)16-18-6-4-5-17(13-18)15-25-23(29)20-14-22(24)26-21-8-3-2-7-19(20)21/h2-8,13-14H,9-12,15-16H2,1H3,(H,25,29). The van der Waals surface area contributed by atoms with E-state index in [4.69, 9.17) is 11.6 Å². The number of rotatable bonds is 5. The normalized spacial score (nSPS) is 15.5. The first-order chi connectivity index (χ1) is 14.1. The Hall–Kier alpha value is -2.47. The van der Waals surface area contributed by atoms with Gasteiger partial charge in [-0.05, 0) is 30.3 Å². The Morgan fingerprint density at radius 2 is 1.79 bits per heavy atom. The Bertz CT molecular complexity index is 1010. The number of fused-ring (bicyclic) bond motifs is 1. The van der Waals surface area contributed by atoms with Crippen molar-refractivity contribution in [3.8, 4) is 0 Å². The van der Waals surface area contributed by atoms with Crippen molar-refractivity contribution in [1.82, 2.24) is 20.1 Å². The Morgan fingerprint density at radius 3 is 2.62 bits per heavy atom. The first-order valence-corrected chi connectivity index (χ1v) is 10.3. The lowest BCUT2D eigenvalue weighted by molar-refractivity contribution is 0.0952. The molecule has 0 atom stereocenters. The Kier molecular flexibility index (Phi) is 6.09. The lowest BCUT2D eigenvalue weighted by Crippen LogP contribution is -2.43. The smallest absolute Gasteiger partial charge is 0.252 e. The highest BCUT2D eigenvalue weighted by atomic mass is 35.5. The summed E-state index contributed by atoms with van der Waals surface area (Å²) in [5.74, 6) is -0.144. The summed E-state index contributed by atoms with van der Waals surface area (Å²) in [6, 6.07) is 17.6. The predicted octanol–water partition coefficient (Wildman–Crippen LogP) is 3.57. The number of hydrogen-bond acceptors (Lipinski definition) is 4. The number of amides is 1. The van der Waals surface area contributed by atoms with Gasteiger partial charge in [0, 0.05) is 44.7 Å². The molecule has 5 nitrogen and oxygen atoms in total. The number of likely N-dealkylation sites (N-methyl/N-ethyl adjacent to an activating group) is 1. The number of pyridine rings is 1. The summed E-state index contributed by atoms with van der Waals surface area (Å²) in [5, 5.41) is 4.15. The number of aromatic nitrogens is 1. The molecule has 29 heavy (non-hydrogen) atoms. The fraction of sp³-hybridized carbons (Fsp3) is 0.304. The summed E-state index contributed by atoms with van der Waals surface area (Å²) in [5.41, 5.74) is 3.64. The van der Waals surface area contributed by atoms with Gasteiger partial charge in [0.25, 0.3) is 5.91 Å². The van der Waals surface area contributed by atoms with Gasteiger partial charge in [0.15, 0.2) is 0 Å². The van der Waals surface area contributed by atoms with Crippen molar-refractivity contribution in [2.75, 3.05) is 33.2 Å². The van der Waals surface area contributed by atoms with Gasteiger partial charge in [-0.25, -0.2) is 4.98 Å². The zero-order valence-corrected chi connectivity index (χ0v) is 17.3. The van der Waals surface area contributed by atoms with Crippen LogP contribution in [0.1, 0.15) is 21.5 Å². The Balaban J connectivity index is 1.42. The van der Waals surface area contributed by atoms with E-state index in [1.54, 1.807) is 6.07 Å². The molecule has 0 bridgehead atoms. The summed E-state index contributed by atoms with van der Waals surface area (Å²) in [6.07, 6.45) is 0. The molecule has 1 N–H and O–H groups in total. The lowest BCUT2D eigenvalue weighted by Gasteiger charge is -2.32. The number of halogens is 1. The third-order valence-corrected chi connectivity index (χ3v) is 5.57. The highest BCUT2D eigenvalue weighted by Gasteiger charge is 2.15. The monoisotopic (exact) mass is 408 g/mol. The molecule has 1 aromatic heterocycles. The fourth-order valence-corrected chi connectivity index (χ4v) is 3.91. The van der Waals surface area contributed by atoms with Gasteiger partial charge in [0.05, 0.1) is 11.1 Å². The molecule has 1 aliphatic heterocycles. The summed E-state index contributed by atoms with van der Waals surface area (Å²) < 4.78 is 0. The number of carbonyl (C=O) groups is 1. The van der Waals surface area contributed by atoms with Gasteiger partial charge in [0.2, 0.25) is 0 Å². The molecule has 0 unspecified atom stereocenters. The maximum atomic E-state index is 12.8. The minimum atomic E-state index is -0.144. The molecule has 1 fully saturated rings. The van der Waals surface area contributed by atoms with E-state index in [0.29, 0.717) is 17.3 Å². The summed E-state index contributed by atoms with van der Waals surface area (Å²) in [4.78, 5) is 21.9. The van der Waals surface area contributed by atoms with Crippen molar-refractivity contribution < 1.29 is 4.79 Å². The quantitative estimate of drug-likeness (QED) is 0.656. The van der Waals surface area contributed by atoms with E-state index in [2.05, 4.69) is 45.3 Å². The van der Waals surface area contributed by atoms with Crippen LogP contribution < -0.4 is 5.32 Å². The molecular weight excluding hydrogens is 384 g/mol. The Labute approximate surface area is 176 Å². The summed E-state index contributed by atoms with van der Waals surface area (Å²) >= 11 is 6.11. The molecule has 2 heterocycles. The third-order valence-electron chi connectivity index (χ3n) is 5.38. The first kappa shape index (κ1) is 19.8. The molecule has 150 valence electrons. The van der Waals surface area contributed by atoms with Gasteiger partial charge in [-0.2, -0.15) is 0 Å². The van der Waals surface area contributed by atoms with Crippen LogP contribution in [-0.2, 0) is 13.1 Å². The van der Waals surface area contributed by atoms with Crippen LogP contribution in [0.25, 0.3) is 10.9 Å². The van der Waals surface area contributed by atoms with Gasteiger partial charge in [0.1, 0.15) is 5.15 Å². The molecule has 1 amide bonds. The summed E-state index contributed by atoms with van der Waals surface area (Å²) in [7, 11) is 2.17. The molecular formula is C23H25ClN4O.